The summed E-state index contributed by atoms with van der Waals surface area (Å²) in [6.45, 7) is 3.58. The summed E-state index contributed by atoms with van der Waals surface area (Å²) in [6, 6.07) is 0. The Labute approximate surface area is 93.1 Å². The molecule has 0 bridgehead atoms. The molecule has 0 aliphatic heterocycles. The van der Waals surface area contributed by atoms with Gasteiger partial charge in [0.05, 0.1) is 5.75 Å². The van der Waals surface area contributed by atoms with Gasteiger partial charge >= 0.3 is 0 Å². The molecule has 5 heteroatoms. The van der Waals surface area contributed by atoms with E-state index in [4.69, 9.17) is 4.55 Å². The van der Waals surface area contributed by atoms with Crippen LogP contribution in [0.2, 0.25) is 0 Å². The zero-order valence-corrected chi connectivity index (χ0v) is 11.7. The molecule has 1 N–H and O–H groups in total. The van der Waals surface area contributed by atoms with Crippen molar-refractivity contribution in [1.82, 2.24) is 0 Å². The monoisotopic (exact) mass is 256 g/mol. The van der Waals surface area contributed by atoms with Crippen LogP contribution in [0.5, 0.6) is 0 Å². The summed E-state index contributed by atoms with van der Waals surface area (Å²) < 4.78 is 28.9. The van der Waals surface area contributed by atoms with Crippen molar-refractivity contribution in [3.05, 3.63) is 12.7 Å². The van der Waals surface area contributed by atoms with Gasteiger partial charge < -0.3 is 0 Å². The van der Waals surface area contributed by atoms with Gasteiger partial charge in [0.15, 0.2) is 0 Å². The number of hydrogen-bond acceptors (Lipinski definition) is 2. The van der Waals surface area contributed by atoms with E-state index in [-0.39, 0.29) is 25.2 Å². The summed E-state index contributed by atoms with van der Waals surface area (Å²) >= 11 is 0. The van der Waals surface area contributed by atoms with Gasteiger partial charge in [0, 0.05) is 19.5 Å². The Morgan fingerprint density at radius 1 is 1.15 bits per heavy atom. The van der Waals surface area contributed by atoms with Crippen LogP contribution in [0, 0.1) is 0 Å². The molecule has 0 saturated carbocycles. The van der Waals surface area contributed by atoms with Crippen molar-refractivity contribution in [2.45, 2.75) is 32.1 Å². The minimum absolute atomic E-state index is 0. The molecule has 0 amide bonds. The van der Waals surface area contributed by atoms with Crippen molar-refractivity contribution < 1.29 is 32.4 Å². The second kappa shape index (κ2) is 8.85. The van der Waals surface area contributed by atoms with Gasteiger partial charge in [0.2, 0.25) is 0 Å². The molecule has 0 aromatic heterocycles. The van der Waals surface area contributed by atoms with Crippen LogP contribution in [-0.4, -0.2) is 18.7 Å². The van der Waals surface area contributed by atoms with Gasteiger partial charge in [-0.15, -0.1) is 6.58 Å². The normalized spacial score (nSPS) is 10.5. The number of unbranched alkanes of at least 4 members (excludes halogenated alkanes) is 4. The molecule has 0 radical (unpaired) electrons. The van der Waals surface area contributed by atoms with E-state index < -0.39 is 10.1 Å². The molecule has 0 saturated heterocycles. The topological polar surface area (TPSA) is 54.4 Å². The van der Waals surface area contributed by atoms with E-state index >= 15 is 0 Å². The molecule has 0 aromatic carbocycles. The molecule has 3 nitrogen and oxygen atoms in total. The minimum atomic E-state index is -3.74. The maximum absolute atomic E-state index is 10.3. The average molecular weight is 258 g/mol. The van der Waals surface area contributed by atoms with Crippen LogP contribution in [0.1, 0.15) is 32.1 Å². The molecule has 0 fully saturated rings. The Bertz CT molecular complexity index is 211. The van der Waals surface area contributed by atoms with Crippen LogP contribution >= 0.6 is 0 Å². The third-order valence-corrected chi connectivity index (χ3v) is 2.37. The molecule has 13 heavy (non-hydrogen) atoms. The maximum atomic E-state index is 10.3. The molecule has 0 aromatic rings. The zero-order chi connectivity index (χ0) is 9.45. The van der Waals surface area contributed by atoms with Gasteiger partial charge in [0.25, 0.3) is 10.1 Å². The van der Waals surface area contributed by atoms with Crippen molar-refractivity contribution in [2.75, 3.05) is 5.75 Å². The molecule has 0 rings (SSSR count). The second-order valence-electron chi connectivity index (χ2n) is 2.78. The van der Waals surface area contributed by atoms with Crippen molar-refractivity contribution in [3.63, 3.8) is 0 Å². The summed E-state index contributed by atoms with van der Waals surface area (Å²) in [7, 11) is -3.74. The second-order valence-corrected chi connectivity index (χ2v) is 4.35. The summed E-state index contributed by atoms with van der Waals surface area (Å²) in [5, 5.41) is 0. The van der Waals surface area contributed by atoms with Crippen molar-refractivity contribution >= 4 is 10.1 Å². The predicted molar refractivity (Wildman–Crippen MR) is 49.7 cm³/mol. The van der Waals surface area contributed by atoms with Crippen molar-refractivity contribution in [2.24, 2.45) is 0 Å². The third kappa shape index (κ3) is 15.1. The van der Waals surface area contributed by atoms with E-state index in [1.807, 2.05) is 6.08 Å². The smallest absolute Gasteiger partial charge is 0.264 e. The van der Waals surface area contributed by atoms with Gasteiger partial charge in [-0.1, -0.05) is 18.9 Å². The van der Waals surface area contributed by atoms with Crippen LogP contribution in [0.15, 0.2) is 12.7 Å². The van der Waals surface area contributed by atoms with Crippen LogP contribution in [0.3, 0.4) is 0 Å². The SMILES string of the molecule is C=CCCCCCCS(=O)(=O)O.[Zn]. The predicted octanol–water partition coefficient (Wildman–Crippen LogP) is 2.01. The van der Waals surface area contributed by atoms with E-state index in [0.29, 0.717) is 6.42 Å². The van der Waals surface area contributed by atoms with Crippen LogP contribution in [-0.2, 0) is 29.6 Å². The first-order chi connectivity index (χ1) is 5.56. The molecular weight excluding hydrogens is 242 g/mol. The van der Waals surface area contributed by atoms with Crippen LogP contribution < -0.4 is 0 Å². The van der Waals surface area contributed by atoms with Gasteiger partial charge in [0.1, 0.15) is 0 Å². The Morgan fingerprint density at radius 2 is 1.69 bits per heavy atom. The van der Waals surface area contributed by atoms with E-state index in [0.717, 1.165) is 25.7 Å². The molecule has 0 atom stereocenters. The van der Waals surface area contributed by atoms with Crippen molar-refractivity contribution in [3.8, 4) is 0 Å². The number of hydrogen-bond donors (Lipinski definition) is 1. The quantitative estimate of drug-likeness (QED) is 0.329. The van der Waals surface area contributed by atoms with E-state index in [1.54, 1.807) is 0 Å². The molecule has 0 spiro atoms. The third-order valence-electron chi connectivity index (χ3n) is 1.56. The van der Waals surface area contributed by atoms with E-state index in [2.05, 4.69) is 6.58 Å². The fraction of sp³-hybridized carbons (Fsp3) is 0.750. The number of rotatable bonds is 7. The summed E-state index contributed by atoms with van der Waals surface area (Å²) in [5.41, 5.74) is 0. The van der Waals surface area contributed by atoms with Crippen molar-refractivity contribution in [1.29, 1.82) is 0 Å². The standard InChI is InChI=1S/C8H16O3S.Zn/c1-2-3-4-5-6-7-8-12(9,10)11;/h2H,1,3-8H2,(H,9,10,11);. The molecule has 0 heterocycles. The Morgan fingerprint density at radius 3 is 2.15 bits per heavy atom. The Balaban J connectivity index is 0. The maximum Gasteiger partial charge on any atom is 0.264 e. The largest absolute Gasteiger partial charge is 0.286 e. The molecule has 74 valence electrons. The summed E-state index contributed by atoms with van der Waals surface area (Å²) in [4.78, 5) is 0. The van der Waals surface area contributed by atoms with Crippen LogP contribution in [0.4, 0.5) is 0 Å². The fourth-order valence-electron chi connectivity index (χ4n) is 0.927. The van der Waals surface area contributed by atoms with Gasteiger partial charge in [-0.3, -0.25) is 4.55 Å². The number of allylic oxidation sites excluding steroid dienone is 1. The first-order valence-corrected chi connectivity index (χ1v) is 5.73. The summed E-state index contributed by atoms with van der Waals surface area (Å²) in [5.74, 6) is -0.110. The van der Waals surface area contributed by atoms with E-state index in [9.17, 15) is 8.42 Å². The molecular formula is C8H16O3SZn. The van der Waals surface area contributed by atoms with E-state index in [1.165, 1.54) is 0 Å². The van der Waals surface area contributed by atoms with Gasteiger partial charge in [-0.05, 0) is 19.3 Å². The fourth-order valence-corrected chi connectivity index (χ4v) is 1.50. The first kappa shape index (κ1) is 15.7. The minimum Gasteiger partial charge on any atom is -0.286 e. The van der Waals surface area contributed by atoms with Gasteiger partial charge in [-0.2, -0.15) is 8.42 Å². The van der Waals surface area contributed by atoms with Gasteiger partial charge in [-0.25, -0.2) is 0 Å². The van der Waals surface area contributed by atoms with Crippen LogP contribution in [0.25, 0.3) is 0 Å². The average Bonchev–Trinajstić information content (AvgIpc) is 1.94. The molecule has 0 unspecified atom stereocenters. The summed E-state index contributed by atoms with van der Waals surface area (Å²) in [6.07, 6.45) is 6.29. The first-order valence-electron chi connectivity index (χ1n) is 4.12. The molecule has 0 aliphatic carbocycles. The Hall–Kier alpha value is 0.273. The Kier molecular flexibility index (Phi) is 10.7. The zero-order valence-electron chi connectivity index (χ0n) is 7.91. The molecule has 0 aliphatic rings.